The molecule has 1 fully saturated rings. The Kier molecular flexibility index (Phi) is 3.87. The lowest BCUT2D eigenvalue weighted by atomic mass is 9.95. The molecule has 0 aliphatic heterocycles. The number of amides is 1. The van der Waals surface area contributed by atoms with E-state index in [9.17, 15) is 9.59 Å². The van der Waals surface area contributed by atoms with Gasteiger partial charge in [-0.3, -0.25) is 9.59 Å². The normalized spacial score (nSPS) is 22.4. The third-order valence-corrected chi connectivity index (χ3v) is 3.83. The number of aryl methyl sites for hydroxylation is 1. The van der Waals surface area contributed by atoms with E-state index in [1.54, 1.807) is 18.1 Å². The summed E-state index contributed by atoms with van der Waals surface area (Å²) in [5.74, 6) is -1.08. The Bertz CT molecular complexity index is 483. The maximum absolute atomic E-state index is 12.3. The Morgan fingerprint density at radius 1 is 1.47 bits per heavy atom. The van der Waals surface area contributed by atoms with Gasteiger partial charge in [0.1, 0.15) is 5.82 Å². The molecule has 6 nitrogen and oxygen atoms in total. The van der Waals surface area contributed by atoms with Crippen LogP contribution in [0.2, 0.25) is 0 Å². The molecule has 0 spiro atoms. The quantitative estimate of drug-likeness (QED) is 0.876. The van der Waals surface area contributed by atoms with Crippen LogP contribution in [-0.2, 0) is 23.2 Å². The number of imidazole rings is 1. The minimum Gasteiger partial charge on any atom is -0.481 e. The average Bonchev–Trinajstić information content (AvgIpc) is 2.98. The lowest BCUT2D eigenvalue weighted by Crippen LogP contribution is -2.36. The van der Waals surface area contributed by atoms with Crippen molar-refractivity contribution in [2.45, 2.75) is 25.8 Å². The molecule has 19 heavy (non-hydrogen) atoms. The number of hydrogen-bond acceptors (Lipinski definition) is 3. The van der Waals surface area contributed by atoms with Gasteiger partial charge in [-0.05, 0) is 12.8 Å². The van der Waals surface area contributed by atoms with E-state index in [2.05, 4.69) is 4.98 Å². The molecular formula is C13H19N3O3. The highest BCUT2D eigenvalue weighted by Crippen LogP contribution is 2.33. The highest BCUT2D eigenvalue weighted by atomic mass is 16.4. The number of aromatic nitrogens is 2. The molecule has 0 radical (unpaired) electrons. The molecule has 1 N–H and O–H groups in total. The lowest BCUT2D eigenvalue weighted by molar-refractivity contribution is -0.148. The monoisotopic (exact) mass is 265 g/mol. The van der Waals surface area contributed by atoms with Gasteiger partial charge >= 0.3 is 5.97 Å². The van der Waals surface area contributed by atoms with E-state index >= 15 is 0 Å². The van der Waals surface area contributed by atoms with Crippen LogP contribution in [0.4, 0.5) is 0 Å². The van der Waals surface area contributed by atoms with E-state index in [0.29, 0.717) is 19.4 Å². The van der Waals surface area contributed by atoms with Gasteiger partial charge in [-0.25, -0.2) is 4.98 Å². The summed E-state index contributed by atoms with van der Waals surface area (Å²) in [5.41, 5.74) is 0. The zero-order chi connectivity index (χ0) is 14.0. The Morgan fingerprint density at radius 3 is 2.74 bits per heavy atom. The molecule has 2 rings (SSSR count). The van der Waals surface area contributed by atoms with Gasteiger partial charge in [-0.2, -0.15) is 0 Å². The zero-order valence-corrected chi connectivity index (χ0v) is 11.2. The second kappa shape index (κ2) is 5.42. The first-order chi connectivity index (χ1) is 9.00. The second-order valence-electron chi connectivity index (χ2n) is 5.13. The summed E-state index contributed by atoms with van der Waals surface area (Å²) >= 11 is 0. The van der Waals surface area contributed by atoms with Crippen molar-refractivity contribution in [3.63, 3.8) is 0 Å². The fraction of sp³-hybridized carbons (Fsp3) is 0.615. The molecule has 1 aromatic heterocycles. The Morgan fingerprint density at radius 2 is 2.16 bits per heavy atom. The number of hydrogen-bond donors (Lipinski definition) is 1. The third-order valence-electron chi connectivity index (χ3n) is 3.83. The van der Waals surface area contributed by atoms with Crippen LogP contribution in [0, 0.1) is 11.8 Å². The van der Waals surface area contributed by atoms with Crippen LogP contribution in [0.25, 0.3) is 0 Å². The first-order valence-electron chi connectivity index (χ1n) is 6.44. The molecule has 1 heterocycles. The van der Waals surface area contributed by atoms with Crippen molar-refractivity contribution in [2.24, 2.45) is 18.9 Å². The minimum absolute atomic E-state index is 0.0899. The predicted octanol–water partition coefficient (Wildman–Crippen LogP) is 0.879. The number of carboxylic acids is 1. The van der Waals surface area contributed by atoms with Crippen molar-refractivity contribution in [1.82, 2.24) is 14.5 Å². The molecule has 6 heteroatoms. The predicted molar refractivity (Wildman–Crippen MR) is 68.1 cm³/mol. The standard InChI is InChI=1S/C13H19N3O3/c1-15-7-6-14-11(15)8-16(2)12(17)9-4-3-5-10(9)13(18)19/h6-7,9-10H,3-5,8H2,1-2H3,(H,18,19). The van der Waals surface area contributed by atoms with Crippen molar-refractivity contribution in [3.8, 4) is 0 Å². The highest BCUT2D eigenvalue weighted by Gasteiger charge is 2.39. The number of rotatable bonds is 4. The van der Waals surface area contributed by atoms with Gasteiger partial charge in [0.15, 0.2) is 0 Å². The molecule has 2 atom stereocenters. The molecular weight excluding hydrogens is 246 g/mol. The topological polar surface area (TPSA) is 75.4 Å². The molecule has 1 amide bonds. The lowest BCUT2D eigenvalue weighted by Gasteiger charge is -2.23. The number of nitrogens with zero attached hydrogens (tertiary/aromatic N) is 3. The molecule has 104 valence electrons. The smallest absolute Gasteiger partial charge is 0.307 e. The Labute approximate surface area is 112 Å². The molecule has 1 aliphatic carbocycles. The molecule has 1 aliphatic rings. The molecule has 0 bridgehead atoms. The van der Waals surface area contributed by atoms with Crippen molar-refractivity contribution >= 4 is 11.9 Å². The van der Waals surface area contributed by atoms with E-state index < -0.39 is 11.9 Å². The Hall–Kier alpha value is -1.85. The average molecular weight is 265 g/mol. The molecule has 2 unspecified atom stereocenters. The van der Waals surface area contributed by atoms with Crippen LogP contribution in [0.3, 0.4) is 0 Å². The number of aliphatic carboxylic acids is 1. The van der Waals surface area contributed by atoms with Gasteiger partial charge in [0.05, 0.1) is 18.4 Å². The molecule has 0 aromatic carbocycles. The molecule has 1 aromatic rings. The summed E-state index contributed by atoms with van der Waals surface area (Å²) < 4.78 is 1.85. The molecule has 0 saturated heterocycles. The fourth-order valence-corrected chi connectivity index (χ4v) is 2.67. The summed E-state index contributed by atoms with van der Waals surface area (Å²) in [7, 11) is 3.57. The van der Waals surface area contributed by atoms with E-state index in [1.807, 2.05) is 17.8 Å². The van der Waals surface area contributed by atoms with Gasteiger partial charge in [0.2, 0.25) is 5.91 Å². The van der Waals surface area contributed by atoms with Crippen LogP contribution < -0.4 is 0 Å². The second-order valence-corrected chi connectivity index (χ2v) is 5.13. The van der Waals surface area contributed by atoms with Gasteiger partial charge < -0.3 is 14.6 Å². The van der Waals surface area contributed by atoms with Crippen LogP contribution in [-0.4, -0.2) is 38.5 Å². The van der Waals surface area contributed by atoms with Crippen LogP contribution >= 0.6 is 0 Å². The van der Waals surface area contributed by atoms with Crippen molar-refractivity contribution in [1.29, 1.82) is 0 Å². The van der Waals surface area contributed by atoms with Gasteiger partial charge in [-0.15, -0.1) is 0 Å². The van der Waals surface area contributed by atoms with Gasteiger partial charge in [-0.1, -0.05) is 6.42 Å². The third kappa shape index (κ3) is 2.77. The van der Waals surface area contributed by atoms with Gasteiger partial charge in [0.25, 0.3) is 0 Å². The SMILES string of the molecule is CN(Cc1nccn1C)C(=O)C1CCCC1C(=O)O. The van der Waals surface area contributed by atoms with Crippen LogP contribution in [0.5, 0.6) is 0 Å². The number of carbonyl (C=O) groups excluding carboxylic acids is 1. The first kappa shape index (κ1) is 13.6. The summed E-state index contributed by atoms with van der Waals surface area (Å²) in [6.07, 6.45) is 5.58. The maximum atomic E-state index is 12.3. The van der Waals surface area contributed by atoms with Crippen molar-refractivity contribution in [2.75, 3.05) is 7.05 Å². The van der Waals surface area contributed by atoms with E-state index in [-0.39, 0.29) is 11.8 Å². The fourth-order valence-electron chi connectivity index (χ4n) is 2.67. The number of carbonyl (C=O) groups is 2. The maximum Gasteiger partial charge on any atom is 0.307 e. The number of carboxylic acid groups (broad SMARTS) is 1. The van der Waals surface area contributed by atoms with Crippen molar-refractivity contribution in [3.05, 3.63) is 18.2 Å². The van der Waals surface area contributed by atoms with E-state index in [1.165, 1.54) is 0 Å². The summed E-state index contributed by atoms with van der Waals surface area (Å²) in [6.45, 7) is 0.408. The summed E-state index contributed by atoms with van der Waals surface area (Å²) in [6, 6.07) is 0. The summed E-state index contributed by atoms with van der Waals surface area (Å²) in [5, 5.41) is 9.13. The van der Waals surface area contributed by atoms with E-state index in [4.69, 9.17) is 5.11 Å². The van der Waals surface area contributed by atoms with Gasteiger partial charge in [0, 0.05) is 26.5 Å². The summed E-state index contributed by atoms with van der Waals surface area (Å²) in [4.78, 5) is 29.2. The highest BCUT2D eigenvalue weighted by molar-refractivity contribution is 5.85. The largest absolute Gasteiger partial charge is 0.481 e. The molecule has 1 saturated carbocycles. The van der Waals surface area contributed by atoms with E-state index in [0.717, 1.165) is 12.2 Å². The van der Waals surface area contributed by atoms with Crippen molar-refractivity contribution < 1.29 is 14.7 Å². The Balaban J connectivity index is 2.03. The minimum atomic E-state index is -0.860. The van der Waals surface area contributed by atoms with Crippen LogP contribution in [0.15, 0.2) is 12.4 Å². The zero-order valence-electron chi connectivity index (χ0n) is 11.2. The first-order valence-corrected chi connectivity index (χ1v) is 6.44. The van der Waals surface area contributed by atoms with Crippen LogP contribution in [0.1, 0.15) is 25.1 Å².